The number of carbonyl (C=O) groups is 1. The van der Waals surface area contributed by atoms with Crippen LogP contribution in [-0.2, 0) is 9.53 Å². The minimum absolute atomic E-state index is 0.0765. The molecule has 0 saturated heterocycles. The molecule has 2 nitrogen and oxygen atoms in total. The second-order valence-corrected chi connectivity index (χ2v) is 4.86. The van der Waals surface area contributed by atoms with Crippen molar-refractivity contribution >= 4 is 17.7 Å². The minimum atomic E-state index is -0.123. The van der Waals surface area contributed by atoms with Crippen LogP contribution in [0.1, 0.15) is 26.2 Å². The summed E-state index contributed by atoms with van der Waals surface area (Å²) in [6.45, 7) is 2.13. The predicted octanol–water partition coefficient (Wildman–Crippen LogP) is 3.51. The monoisotopic (exact) mass is 238 g/mol. The van der Waals surface area contributed by atoms with Gasteiger partial charge in [-0.2, -0.15) is 0 Å². The number of esters is 1. The lowest BCUT2D eigenvalue weighted by Gasteiger charge is -2.13. The lowest BCUT2D eigenvalue weighted by molar-refractivity contribution is -0.140. The molecule has 1 rings (SSSR count). The third-order valence-electron chi connectivity index (χ3n) is 2.31. The van der Waals surface area contributed by atoms with Crippen molar-refractivity contribution in [3.05, 3.63) is 30.3 Å². The summed E-state index contributed by atoms with van der Waals surface area (Å²) in [6.07, 6.45) is 3.03. The van der Waals surface area contributed by atoms with Gasteiger partial charge in [-0.1, -0.05) is 38.0 Å². The lowest BCUT2D eigenvalue weighted by atomic mass is 10.2. The van der Waals surface area contributed by atoms with Gasteiger partial charge >= 0.3 is 5.97 Å². The van der Waals surface area contributed by atoms with Gasteiger partial charge in [0.2, 0.25) is 0 Å². The van der Waals surface area contributed by atoms with Crippen molar-refractivity contribution in [3.8, 4) is 0 Å². The summed E-state index contributed by atoms with van der Waals surface area (Å²) >= 11 is 1.59. The molecule has 0 spiro atoms. The highest BCUT2D eigenvalue weighted by Gasteiger charge is 2.19. The van der Waals surface area contributed by atoms with Crippen LogP contribution in [0.25, 0.3) is 0 Å². The molecular formula is C13H18O2S. The average molecular weight is 238 g/mol. The first kappa shape index (κ1) is 13.1. The van der Waals surface area contributed by atoms with Crippen LogP contribution in [0, 0.1) is 0 Å². The number of thioether (sulfide) groups is 1. The van der Waals surface area contributed by atoms with E-state index in [2.05, 4.69) is 6.92 Å². The van der Waals surface area contributed by atoms with Gasteiger partial charge in [-0.3, -0.25) is 4.79 Å². The van der Waals surface area contributed by atoms with Crippen molar-refractivity contribution in [1.82, 2.24) is 0 Å². The molecule has 0 aromatic heterocycles. The van der Waals surface area contributed by atoms with E-state index in [4.69, 9.17) is 4.74 Å². The molecule has 0 aliphatic rings. The lowest BCUT2D eigenvalue weighted by Crippen LogP contribution is -2.18. The highest BCUT2D eigenvalue weighted by Crippen LogP contribution is 2.27. The molecule has 1 aromatic rings. The summed E-state index contributed by atoms with van der Waals surface area (Å²) in [5, 5.41) is -0.0765. The SMILES string of the molecule is CCCCC(Sc1ccccc1)C(=O)OC. The summed E-state index contributed by atoms with van der Waals surface area (Å²) in [5.41, 5.74) is 0. The van der Waals surface area contributed by atoms with Crippen molar-refractivity contribution in [2.75, 3.05) is 7.11 Å². The molecule has 0 heterocycles. The molecule has 1 atom stereocenters. The Bertz CT molecular complexity index is 311. The van der Waals surface area contributed by atoms with Crippen molar-refractivity contribution in [3.63, 3.8) is 0 Å². The second kappa shape index (κ2) is 7.34. The smallest absolute Gasteiger partial charge is 0.319 e. The van der Waals surface area contributed by atoms with Crippen LogP contribution in [0.3, 0.4) is 0 Å². The Morgan fingerprint density at radius 2 is 2.06 bits per heavy atom. The fourth-order valence-electron chi connectivity index (χ4n) is 1.41. The van der Waals surface area contributed by atoms with Gasteiger partial charge in [0.1, 0.15) is 5.25 Å². The molecule has 0 amide bonds. The number of hydrogen-bond acceptors (Lipinski definition) is 3. The summed E-state index contributed by atoms with van der Waals surface area (Å²) in [5.74, 6) is -0.123. The molecular weight excluding hydrogens is 220 g/mol. The van der Waals surface area contributed by atoms with E-state index in [9.17, 15) is 4.79 Å². The fraction of sp³-hybridized carbons (Fsp3) is 0.462. The predicted molar refractivity (Wildman–Crippen MR) is 67.6 cm³/mol. The van der Waals surface area contributed by atoms with Gasteiger partial charge in [0, 0.05) is 4.90 Å². The van der Waals surface area contributed by atoms with Crippen LogP contribution in [0.4, 0.5) is 0 Å². The number of benzene rings is 1. The molecule has 0 fully saturated rings. The van der Waals surface area contributed by atoms with E-state index in [1.54, 1.807) is 11.8 Å². The summed E-state index contributed by atoms with van der Waals surface area (Å²) in [4.78, 5) is 12.7. The maximum atomic E-state index is 11.6. The summed E-state index contributed by atoms with van der Waals surface area (Å²) in [6, 6.07) is 9.98. The Kier molecular flexibility index (Phi) is 6.01. The molecule has 1 aromatic carbocycles. The second-order valence-electron chi connectivity index (χ2n) is 3.58. The van der Waals surface area contributed by atoms with Gasteiger partial charge < -0.3 is 4.74 Å². The van der Waals surface area contributed by atoms with E-state index < -0.39 is 0 Å². The molecule has 0 saturated carbocycles. The van der Waals surface area contributed by atoms with Crippen LogP contribution in [0.2, 0.25) is 0 Å². The van der Waals surface area contributed by atoms with Gasteiger partial charge in [-0.15, -0.1) is 11.8 Å². The summed E-state index contributed by atoms with van der Waals surface area (Å²) in [7, 11) is 1.45. The van der Waals surface area contributed by atoms with Gasteiger partial charge in [0.25, 0.3) is 0 Å². The standard InChI is InChI=1S/C13H18O2S/c1-3-4-10-12(13(14)15-2)16-11-8-6-5-7-9-11/h5-9,12H,3-4,10H2,1-2H3. The highest BCUT2D eigenvalue weighted by molar-refractivity contribution is 8.00. The fourth-order valence-corrected chi connectivity index (χ4v) is 2.53. The normalized spacial score (nSPS) is 12.1. The van der Waals surface area contributed by atoms with Crippen molar-refractivity contribution < 1.29 is 9.53 Å². The molecule has 0 aliphatic carbocycles. The number of ether oxygens (including phenoxy) is 1. The third-order valence-corrected chi connectivity index (χ3v) is 3.56. The molecule has 3 heteroatoms. The average Bonchev–Trinajstić information content (AvgIpc) is 2.34. The first-order chi connectivity index (χ1) is 7.77. The summed E-state index contributed by atoms with van der Waals surface area (Å²) < 4.78 is 4.82. The minimum Gasteiger partial charge on any atom is -0.468 e. The molecule has 0 N–H and O–H groups in total. The van der Waals surface area contributed by atoms with E-state index in [-0.39, 0.29) is 11.2 Å². The molecule has 16 heavy (non-hydrogen) atoms. The number of unbranched alkanes of at least 4 members (excludes halogenated alkanes) is 1. The quantitative estimate of drug-likeness (QED) is 0.560. The maximum absolute atomic E-state index is 11.6. The molecule has 0 aliphatic heterocycles. The van der Waals surface area contributed by atoms with Crippen molar-refractivity contribution in [2.45, 2.75) is 36.3 Å². The Morgan fingerprint density at radius 3 is 2.62 bits per heavy atom. The van der Waals surface area contributed by atoms with Gasteiger partial charge in [0.15, 0.2) is 0 Å². The van der Waals surface area contributed by atoms with E-state index in [1.165, 1.54) is 7.11 Å². The maximum Gasteiger partial charge on any atom is 0.319 e. The zero-order valence-corrected chi connectivity index (χ0v) is 10.6. The van der Waals surface area contributed by atoms with Crippen molar-refractivity contribution in [2.24, 2.45) is 0 Å². The zero-order valence-electron chi connectivity index (χ0n) is 9.81. The molecule has 0 radical (unpaired) electrons. The van der Waals surface area contributed by atoms with E-state index >= 15 is 0 Å². The Balaban J connectivity index is 2.59. The highest BCUT2D eigenvalue weighted by atomic mass is 32.2. The number of carbonyl (C=O) groups excluding carboxylic acids is 1. The van der Waals surface area contributed by atoms with Crippen LogP contribution < -0.4 is 0 Å². The third kappa shape index (κ3) is 4.27. The van der Waals surface area contributed by atoms with E-state index in [0.717, 1.165) is 24.2 Å². The first-order valence-corrected chi connectivity index (χ1v) is 6.45. The largest absolute Gasteiger partial charge is 0.468 e. The van der Waals surface area contributed by atoms with Gasteiger partial charge in [-0.25, -0.2) is 0 Å². The molecule has 88 valence electrons. The topological polar surface area (TPSA) is 26.3 Å². The van der Waals surface area contributed by atoms with Crippen LogP contribution in [-0.4, -0.2) is 18.3 Å². The number of rotatable bonds is 6. The van der Waals surface area contributed by atoms with Gasteiger partial charge in [0.05, 0.1) is 7.11 Å². The zero-order chi connectivity index (χ0) is 11.8. The Hall–Kier alpha value is -0.960. The number of hydrogen-bond donors (Lipinski definition) is 0. The van der Waals surface area contributed by atoms with E-state index in [1.807, 2.05) is 30.3 Å². The van der Waals surface area contributed by atoms with E-state index in [0.29, 0.717) is 0 Å². The van der Waals surface area contributed by atoms with Crippen LogP contribution in [0.15, 0.2) is 35.2 Å². The van der Waals surface area contributed by atoms with Gasteiger partial charge in [-0.05, 0) is 18.6 Å². The Labute approximate surface area is 101 Å². The number of methoxy groups -OCH3 is 1. The van der Waals surface area contributed by atoms with Crippen LogP contribution >= 0.6 is 11.8 Å². The molecule has 1 unspecified atom stereocenters. The first-order valence-electron chi connectivity index (χ1n) is 5.57. The van der Waals surface area contributed by atoms with Crippen molar-refractivity contribution in [1.29, 1.82) is 0 Å². The van der Waals surface area contributed by atoms with Crippen LogP contribution in [0.5, 0.6) is 0 Å². The Morgan fingerprint density at radius 1 is 1.38 bits per heavy atom. The molecule has 0 bridgehead atoms.